The van der Waals surface area contributed by atoms with Gasteiger partial charge in [-0.3, -0.25) is 0 Å². The van der Waals surface area contributed by atoms with Crippen LogP contribution in [0.25, 0.3) is 0 Å². The highest BCUT2D eigenvalue weighted by Crippen LogP contribution is 2.43. The highest BCUT2D eigenvalue weighted by molar-refractivity contribution is 5.51. The Labute approximate surface area is 117 Å². The lowest BCUT2D eigenvalue weighted by Gasteiger charge is -2.28. The van der Waals surface area contributed by atoms with Crippen LogP contribution in [0.1, 0.15) is 55.0 Å². The maximum atomic E-state index is 5.60. The van der Waals surface area contributed by atoms with E-state index in [1.165, 1.54) is 41.5 Å². The molecule has 0 radical (unpaired) electrons. The second-order valence-corrected chi connectivity index (χ2v) is 6.63. The number of benzene rings is 1. The van der Waals surface area contributed by atoms with Crippen molar-refractivity contribution in [1.82, 2.24) is 5.32 Å². The summed E-state index contributed by atoms with van der Waals surface area (Å²) in [6.45, 7) is 9.11. The maximum Gasteiger partial charge on any atom is 0.125 e. The van der Waals surface area contributed by atoms with Gasteiger partial charge in [-0.05, 0) is 67.8 Å². The fourth-order valence-electron chi connectivity index (χ4n) is 3.55. The molecule has 1 aromatic rings. The smallest absolute Gasteiger partial charge is 0.125 e. The van der Waals surface area contributed by atoms with Gasteiger partial charge in [-0.1, -0.05) is 19.9 Å². The van der Waals surface area contributed by atoms with Crippen molar-refractivity contribution < 1.29 is 4.74 Å². The van der Waals surface area contributed by atoms with Crippen LogP contribution in [-0.2, 0) is 6.42 Å². The van der Waals surface area contributed by atoms with Crippen LogP contribution in [0.3, 0.4) is 0 Å². The first kappa shape index (κ1) is 14.4. The van der Waals surface area contributed by atoms with Gasteiger partial charge in [0.1, 0.15) is 5.75 Å². The summed E-state index contributed by atoms with van der Waals surface area (Å²) < 4.78 is 5.60. The van der Waals surface area contributed by atoms with E-state index in [1.54, 1.807) is 7.11 Å². The number of fused-ring (bicyclic) bond motifs is 1. The maximum absolute atomic E-state index is 5.60. The third-order valence-corrected chi connectivity index (χ3v) is 4.57. The van der Waals surface area contributed by atoms with Crippen LogP contribution in [0.5, 0.6) is 5.75 Å². The molecule has 19 heavy (non-hydrogen) atoms. The zero-order valence-electron chi connectivity index (χ0n) is 13.2. The molecule has 1 aliphatic carbocycles. The molecule has 0 aromatic heterocycles. The molecule has 1 aliphatic rings. The number of hydrogen-bond acceptors (Lipinski definition) is 2. The van der Waals surface area contributed by atoms with Crippen molar-refractivity contribution in [3.05, 3.63) is 28.3 Å². The average molecular weight is 261 g/mol. The molecule has 1 unspecified atom stereocenters. The predicted molar refractivity (Wildman–Crippen MR) is 81.0 cm³/mol. The van der Waals surface area contributed by atoms with E-state index in [4.69, 9.17) is 4.74 Å². The highest BCUT2D eigenvalue weighted by atomic mass is 16.5. The van der Waals surface area contributed by atoms with Gasteiger partial charge in [-0.25, -0.2) is 0 Å². The lowest BCUT2D eigenvalue weighted by molar-refractivity contribution is 0.279. The molecule has 2 rings (SSSR count). The Morgan fingerprint density at radius 3 is 2.58 bits per heavy atom. The standard InChI is InChI=1S/C17H27NO/c1-11-9-13-7-8-17(3,4)10-14(18-5)15(13)12(2)16(11)19-6/h9,14,18H,7-8,10H2,1-6H3. The van der Waals surface area contributed by atoms with E-state index in [-0.39, 0.29) is 0 Å². The Hall–Kier alpha value is -1.02. The molecule has 0 bridgehead atoms. The third-order valence-electron chi connectivity index (χ3n) is 4.57. The monoisotopic (exact) mass is 261 g/mol. The van der Waals surface area contributed by atoms with Gasteiger partial charge < -0.3 is 10.1 Å². The molecule has 0 saturated heterocycles. The second kappa shape index (κ2) is 5.16. The molecule has 106 valence electrons. The van der Waals surface area contributed by atoms with E-state index < -0.39 is 0 Å². The summed E-state index contributed by atoms with van der Waals surface area (Å²) in [5.41, 5.74) is 5.93. The van der Waals surface area contributed by atoms with Crippen molar-refractivity contribution in [2.24, 2.45) is 5.41 Å². The van der Waals surface area contributed by atoms with Crippen molar-refractivity contribution in [1.29, 1.82) is 0 Å². The topological polar surface area (TPSA) is 21.3 Å². The van der Waals surface area contributed by atoms with Crippen LogP contribution in [0.2, 0.25) is 0 Å². The van der Waals surface area contributed by atoms with E-state index in [1.807, 2.05) is 0 Å². The first-order chi connectivity index (χ1) is 8.89. The summed E-state index contributed by atoms with van der Waals surface area (Å²) >= 11 is 0. The largest absolute Gasteiger partial charge is 0.496 e. The van der Waals surface area contributed by atoms with Gasteiger partial charge in [-0.15, -0.1) is 0 Å². The first-order valence-electron chi connectivity index (χ1n) is 7.24. The van der Waals surface area contributed by atoms with E-state index in [9.17, 15) is 0 Å². The van der Waals surface area contributed by atoms with Gasteiger partial charge in [0.15, 0.2) is 0 Å². The van der Waals surface area contributed by atoms with Gasteiger partial charge in [0, 0.05) is 6.04 Å². The minimum atomic E-state index is 0.389. The lowest BCUT2D eigenvalue weighted by atomic mass is 9.82. The molecule has 0 spiro atoms. The molecule has 0 fully saturated rings. The number of rotatable bonds is 2. The average Bonchev–Trinajstić information content (AvgIpc) is 2.46. The van der Waals surface area contributed by atoms with Gasteiger partial charge >= 0.3 is 0 Å². The molecule has 1 aromatic carbocycles. The Bertz CT molecular complexity index is 477. The Morgan fingerprint density at radius 2 is 2.00 bits per heavy atom. The van der Waals surface area contributed by atoms with Crippen molar-refractivity contribution >= 4 is 0 Å². The number of methoxy groups -OCH3 is 1. The minimum absolute atomic E-state index is 0.389. The highest BCUT2D eigenvalue weighted by Gasteiger charge is 2.31. The van der Waals surface area contributed by atoms with E-state index in [2.05, 4.69) is 46.1 Å². The summed E-state index contributed by atoms with van der Waals surface area (Å²) in [5, 5.41) is 3.51. The van der Waals surface area contributed by atoms with E-state index in [0.29, 0.717) is 11.5 Å². The predicted octanol–water partition coefficient (Wildman–Crippen LogP) is 3.94. The molecule has 0 saturated carbocycles. The van der Waals surface area contributed by atoms with E-state index in [0.717, 1.165) is 5.75 Å². The van der Waals surface area contributed by atoms with Crippen LogP contribution in [0, 0.1) is 19.3 Å². The van der Waals surface area contributed by atoms with Gasteiger partial charge in [0.25, 0.3) is 0 Å². The number of ether oxygens (including phenoxy) is 1. The summed E-state index contributed by atoms with van der Waals surface area (Å²) in [5.74, 6) is 1.05. The van der Waals surface area contributed by atoms with Crippen LogP contribution < -0.4 is 10.1 Å². The molecule has 0 amide bonds. The second-order valence-electron chi connectivity index (χ2n) is 6.63. The normalized spacial score (nSPS) is 21.7. The Kier molecular flexibility index (Phi) is 3.91. The Morgan fingerprint density at radius 1 is 1.32 bits per heavy atom. The molecular formula is C17H27NO. The quantitative estimate of drug-likeness (QED) is 0.814. The minimum Gasteiger partial charge on any atom is -0.496 e. The number of hydrogen-bond donors (Lipinski definition) is 1. The summed E-state index contributed by atoms with van der Waals surface area (Å²) in [6.07, 6.45) is 3.61. The fourth-order valence-corrected chi connectivity index (χ4v) is 3.55. The third kappa shape index (κ3) is 2.64. The van der Waals surface area contributed by atoms with Gasteiger partial charge in [0.05, 0.1) is 7.11 Å². The van der Waals surface area contributed by atoms with Crippen molar-refractivity contribution in [3.8, 4) is 5.75 Å². The zero-order chi connectivity index (χ0) is 14.2. The van der Waals surface area contributed by atoms with Gasteiger partial charge in [0.2, 0.25) is 0 Å². The molecule has 2 nitrogen and oxygen atoms in total. The molecule has 1 N–H and O–H groups in total. The summed E-state index contributed by atoms with van der Waals surface area (Å²) in [7, 11) is 3.85. The fraction of sp³-hybridized carbons (Fsp3) is 0.647. The summed E-state index contributed by atoms with van der Waals surface area (Å²) in [6, 6.07) is 2.76. The molecule has 1 atom stereocenters. The van der Waals surface area contributed by atoms with Crippen LogP contribution in [0.15, 0.2) is 6.07 Å². The van der Waals surface area contributed by atoms with Crippen LogP contribution in [-0.4, -0.2) is 14.2 Å². The zero-order valence-corrected chi connectivity index (χ0v) is 13.2. The van der Waals surface area contributed by atoms with Crippen molar-refractivity contribution in [2.45, 2.75) is 53.0 Å². The van der Waals surface area contributed by atoms with Gasteiger partial charge in [-0.2, -0.15) is 0 Å². The van der Waals surface area contributed by atoms with E-state index >= 15 is 0 Å². The number of aryl methyl sites for hydroxylation is 2. The SMILES string of the molecule is CNC1CC(C)(C)CCc2cc(C)c(OC)c(C)c21. The number of nitrogens with one attached hydrogen (secondary N) is 1. The van der Waals surface area contributed by atoms with Crippen LogP contribution >= 0.6 is 0 Å². The lowest BCUT2D eigenvalue weighted by Crippen LogP contribution is -2.23. The Balaban J connectivity index is 2.59. The van der Waals surface area contributed by atoms with Crippen molar-refractivity contribution in [2.75, 3.05) is 14.2 Å². The molecular weight excluding hydrogens is 234 g/mol. The van der Waals surface area contributed by atoms with Crippen molar-refractivity contribution in [3.63, 3.8) is 0 Å². The molecule has 0 heterocycles. The van der Waals surface area contributed by atoms with Crippen LogP contribution in [0.4, 0.5) is 0 Å². The summed E-state index contributed by atoms with van der Waals surface area (Å²) in [4.78, 5) is 0. The molecule has 2 heteroatoms. The first-order valence-corrected chi connectivity index (χ1v) is 7.24. The molecule has 0 aliphatic heterocycles.